The first-order chi connectivity index (χ1) is 10.7. The molecule has 1 aromatic carbocycles. The fourth-order valence-corrected chi connectivity index (χ4v) is 2.80. The molecule has 1 aromatic rings. The second kappa shape index (κ2) is 6.47. The third kappa shape index (κ3) is 4.14. The average molecular weight is 330 g/mol. The molecule has 8 heteroatoms. The number of nitrogens with two attached hydrogens (primary N) is 1. The van der Waals surface area contributed by atoms with Crippen molar-refractivity contribution in [2.75, 3.05) is 18.0 Å². The molecule has 23 heavy (non-hydrogen) atoms. The van der Waals surface area contributed by atoms with Gasteiger partial charge in [0.25, 0.3) is 5.91 Å². The lowest BCUT2D eigenvalue weighted by Crippen LogP contribution is -2.36. The number of alkyl halides is 3. The van der Waals surface area contributed by atoms with Crippen LogP contribution in [0.5, 0.6) is 0 Å². The van der Waals surface area contributed by atoms with Crippen LogP contribution in [0.3, 0.4) is 0 Å². The molecule has 0 saturated carbocycles. The van der Waals surface area contributed by atoms with E-state index in [4.69, 9.17) is 10.8 Å². The number of piperidine rings is 1. The Morgan fingerprint density at radius 1 is 1.26 bits per heavy atom. The van der Waals surface area contributed by atoms with E-state index in [1.54, 1.807) is 4.90 Å². The third-order valence-corrected chi connectivity index (χ3v) is 4.01. The fourth-order valence-electron chi connectivity index (χ4n) is 2.80. The Labute approximate surface area is 130 Å². The summed E-state index contributed by atoms with van der Waals surface area (Å²) in [6.45, 7) is 0.777. The summed E-state index contributed by atoms with van der Waals surface area (Å²) >= 11 is 0. The number of anilines is 1. The van der Waals surface area contributed by atoms with Crippen molar-refractivity contribution < 1.29 is 27.9 Å². The summed E-state index contributed by atoms with van der Waals surface area (Å²) in [6.07, 6.45) is -3.38. The normalized spacial score (nSPS) is 16.4. The van der Waals surface area contributed by atoms with Crippen LogP contribution in [-0.2, 0) is 11.0 Å². The zero-order chi connectivity index (χ0) is 17.2. The smallest absolute Gasteiger partial charge is 0.416 e. The number of aliphatic carboxylic acids is 1. The molecule has 1 fully saturated rings. The van der Waals surface area contributed by atoms with Gasteiger partial charge in [-0.1, -0.05) is 0 Å². The summed E-state index contributed by atoms with van der Waals surface area (Å²) in [5.74, 6) is -1.69. The van der Waals surface area contributed by atoms with Crippen LogP contribution in [0.4, 0.5) is 18.9 Å². The highest BCUT2D eigenvalue weighted by Gasteiger charge is 2.32. The number of benzene rings is 1. The number of carbonyl (C=O) groups excluding carboxylic acids is 1. The van der Waals surface area contributed by atoms with Crippen LogP contribution in [0.2, 0.25) is 0 Å². The SMILES string of the molecule is NC(=O)c1ccc(C(F)(F)F)cc1N1CCC(CC(=O)O)CC1. The zero-order valence-corrected chi connectivity index (χ0v) is 12.3. The number of rotatable bonds is 4. The van der Waals surface area contributed by atoms with Gasteiger partial charge in [-0.3, -0.25) is 9.59 Å². The van der Waals surface area contributed by atoms with Gasteiger partial charge in [0, 0.05) is 19.5 Å². The average Bonchev–Trinajstić information content (AvgIpc) is 2.45. The molecular formula is C15H17F3N2O3. The van der Waals surface area contributed by atoms with E-state index in [1.165, 1.54) is 0 Å². The molecule has 1 aliphatic rings. The van der Waals surface area contributed by atoms with Gasteiger partial charge in [-0.25, -0.2) is 0 Å². The maximum atomic E-state index is 12.9. The Bertz CT molecular complexity index is 608. The quantitative estimate of drug-likeness (QED) is 0.888. The van der Waals surface area contributed by atoms with Gasteiger partial charge in [0.2, 0.25) is 0 Å². The molecule has 5 nitrogen and oxygen atoms in total. The number of halogens is 3. The van der Waals surface area contributed by atoms with E-state index >= 15 is 0 Å². The standard InChI is InChI=1S/C15H17F3N2O3/c16-15(17,18)10-1-2-11(14(19)23)12(8-10)20-5-3-9(4-6-20)7-13(21)22/h1-2,8-9H,3-7H2,(H2,19,23)(H,21,22). The molecule has 126 valence electrons. The number of carboxylic acids is 1. The predicted octanol–water partition coefficient (Wildman–Crippen LogP) is 2.50. The van der Waals surface area contributed by atoms with Crippen LogP contribution >= 0.6 is 0 Å². The number of carboxylic acid groups (broad SMARTS) is 1. The molecule has 0 aliphatic carbocycles. The molecule has 1 aliphatic heterocycles. The monoisotopic (exact) mass is 330 g/mol. The van der Waals surface area contributed by atoms with Crippen LogP contribution in [0.25, 0.3) is 0 Å². The van der Waals surface area contributed by atoms with Crippen LogP contribution in [-0.4, -0.2) is 30.1 Å². The number of hydrogen-bond donors (Lipinski definition) is 2. The lowest BCUT2D eigenvalue weighted by molar-refractivity contribution is -0.139. The molecule has 0 bridgehead atoms. The van der Waals surface area contributed by atoms with Crippen molar-refractivity contribution in [2.45, 2.75) is 25.4 Å². The highest BCUT2D eigenvalue weighted by Crippen LogP contribution is 2.35. The van der Waals surface area contributed by atoms with Gasteiger partial charge in [0.05, 0.1) is 16.8 Å². The van der Waals surface area contributed by atoms with E-state index in [2.05, 4.69) is 0 Å². The summed E-state index contributed by atoms with van der Waals surface area (Å²) in [7, 11) is 0. The van der Waals surface area contributed by atoms with E-state index in [9.17, 15) is 22.8 Å². The predicted molar refractivity (Wildman–Crippen MR) is 77.2 cm³/mol. The lowest BCUT2D eigenvalue weighted by atomic mass is 9.92. The largest absolute Gasteiger partial charge is 0.481 e. The van der Waals surface area contributed by atoms with Gasteiger partial charge in [0.1, 0.15) is 0 Å². The molecule has 0 spiro atoms. The maximum Gasteiger partial charge on any atom is 0.416 e. The molecule has 0 radical (unpaired) electrons. The Morgan fingerprint density at radius 2 is 1.87 bits per heavy atom. The Balaban J connectivity index is 2.24. The van der Waals surface area contributed by atoms with Crippen molar-refractivity contribution in [1.29, 1.82) is 0 Å². The Kier molecular flexibility index (Phi) is 4.82. The summed E-state index contributed by atoms with van der Waals surface area (Å²) in [4.78, 5) is 23.8. The van der Waals surface area contributed by atoms with Crippen molar-refractivity contribution in [1.82, 2.24) is 0 Å². The van der Waals surface area contributed by atoms with Gasteiger partial charge in [-0.05, 0) is 37.0 Å². The van der Waals surface area contributed by atoms with Crippen molar-refractivity contribution >= 4 is 17.6 Å². The number of nitrogens with zero attached hydrogens (tertiary/aromatic N) is 1. The van der Waals surface area contributed by atoms with Gasteiger partial charge in [-0.15, -0.1) is 0 Å². The van der Waals surface area contributed by atoms with Crippen molar-refractivity contribution in [3.8, 4) is 0 Å². The molecule has 1 heterocycles. The van der Waals surface area contributed by atoms with Gasteiger partial charge in [-0.2, -0.15) is 13.2 Å². The topological polar surface area (TPSA) is 83.6 Å². The van der Waals surface area contributed by atoms with Crippen LogP contribution < -0.4 is 10.6 Å². The molecule has 3 N–H and O–H groups in total. The second-order valence-corrected chi connectivity index (χ2v) is 5.62. The summed E-state index contributed by atoms with van der Waals surface area (Å²) in [5, 5.41) is 8.79. The summed E-state index contributed by atoms with van der Waals surface area (Å²) in [6, 6.07) is 2.85. The first kappa shape index (κ1) is 17.1. The molecule has 0 atom stereocenters. The number of amides is 1. The van der Waals surface area contributed by atoms with Gasteiger partial charge >= 0.3 is 12.1 Å². The minimum absolute atomic E-state index is 0.00780. The summed E-state index contributed by atoms with van der Waals surface area (Å²) < 4.78 is 38.6. The first-order valence-electron chi connectivity index (χ1n) is 7.16. The molecule has 1 saturated heterocycles. The van der Waals surface area contributed by atoms with Crippen LogP contribution in [0.1, 0.15) is 35.2 Å². The van der Waals surface area contributed by atoms with E-state index in [-0.39, 0.29) is 23.6 Å². The Morgan fingerprint density at radius 3 is 2.35 bits per heavy atom. The molecule has 1 amide bonds. The summed E-state index contributed by atoms with van der Waals surface area (Å²) in [5.41, 5.74) is 4.60. The lowest BCUT2D eigenvalue weighted by Gasteiger charge is -2.34. The second-order valence-electron chi connectivity index (χ2n) is 5.62. The molecule has 0 aromatic heterocycles. The van der Waals surface area contributed by atoms with Gasteiger partial charge in [0.15, 0.2) is 0 Å². The first-order valence-corrected chi connectivity index (χ1v) is 7.16. The minimum Gasteiger partial charge on any atom is -0.481 e. The minimum atomic E-state index is -4.51. The van der Waals surface area contributed by atoms with Crippen molar-refractivity contribution in [3.05, 3.63) is 29.3 Å². The van der Waals surface area contributed by atoms with Gasteiger partial charge < -0.3 is 15.7 Å². The van der Waals surface area contributed by atoms with E-state index in [0.29, 0.717) is 25.9 Å². The van der Waals surface area contributed by atoms with E-state index in [1.807, 2.05) is 0 Å². The van der Waals surface area contributed by atoms with E-state index in [0.717, 1.165) is 18.2 Å². The van der Waals surface area contributed by atoms with Crippen molar-refractivity contribution in [3.63, 3.8) is 0 Å². The number of carbonyl (C=O) groups is 2. The number of hydrogen-bond acceptors (Lipinski definition) is 3. The molecule has 2 rings (SSSR count). The highest BCUT2D eigenvalue weighted by molar-refractivity contribution is 5.98. The fraction of sp³-hybridized carbons (Fsp3) is 0.467. The Hall–Kier alpha value is -2.25. The van der Waals surface area contributed by atoms with Crippen LogP contribution in [0.15, 0.2) is 18.2 Å². The number of primary amides is 1. The highest BCUT2D eigenvalue weighted by atomic mass is 19.4. The van der Waals surface area contributed by atoms with E-state index < -0.39 is 23.6 Å². The molecule has 0 unspecified atom stereocenters. The van der Waals surface area contributed by atoms with Crippen molar-refractivity contribution in [2.24, 2.45) is 11.7 Å². The van der Waals surface area contributed by atoms with Crippen LogP contribution in [0, 0.1) is 5.92 Å². The maximum absolute atomic E-state index is 12.9. The third-order valence-electron chi connectivity index (χ3n) is 4.01. The zero-order valence-electron chi connectivity index (χ0n) is 12.3. The molecular weight excluding hydrogens is 313 g/mol.